The lowest BCUT2D eigenvalue weighted by molar-refractivity contribution is -0.128. The second-order valence-corrected chi connectivity index (χ2v) is 7.47. The quantitative estimate of drug-likeness (QED) is 0.273. The smallest absolute Gasteiger partial charge is 0.227 e. The lowest BCUT2D eigenvalue weighted by Crippen LogP contribution is -2.47. The molecule has 0 aromatic heterocycles. The minimum atomic E-state index is -0.525. The minimum Gasteiger partial charge on any atom is -0.490 e. The summed E-state index contributed by atoms with van der Waals surface area (Å²) < 4.78 is 6.06. The number of carbonyl (C=O) groups excluding carboxylic acids is 1. The van der Waals surface area contributed by atoms with Gasteiger partial charge in [0.15, 0.2) is 5.96 Å². The third-order valence-electron chi connectivity index (χ3n) is 4.45. The first-order chi connectivity index (χ1) is 12.7. The van der Waals surface area contributed by atoms with Crippen molar-refractivity contribution in [2.24, 2.45) is 10.4 Å². The summed E-state index contributed by atoms with van der Waals surface area (Å²) in [6.45, 7) is 13.7. The molecular formula is C21H37IN4O2. The molecule has 0 aliphatic rings. The van der Waals surface area contributed by atoms with E-state index in [1.807, 2.05) is 20.8 Å². The first-order valence-electron chi connectivity index (χ1n) is 9.72. The number of guanidine groups is 1. The standard InChI is InChI=1S/C21H36N4O2.HI/c1-8-16(4)27-18-12-15(3)10-11-17(18)13-24-20(22-7)25-14-21(5,6)19(26)23-9-2;/h10-12,16H,8-9,13-14H2,1-7H3,(H,23,26)(H2,22,24,25);1H. The number of aliphatic imine (C=N–C) groups is 1. The molecule has 1 amide bonds. The van der Waals surface area contributed by atoms with E-state index in [4.69, 9.17) is 4.74 Å². The van der Waals surface area contributed by atoms with Gasteiger partial charge in [-0.05, 0) is 52.7 Å². The van der Waals surface area contributed by atoms with Crippen LogP contribution in [-0.2, 0) is 11.3 Å². The normalized spacial score (nSPS) is 12.6. The third kappa shape index (κ3) is 8.67. The van der Waals surface area contributed by atoms with Crippen molar-refractivity contribution in [3.63, 3.8) is 0 Å². The zero-order chi connectivity index (χ0) is 20.4. The van der Waals surface area contributed by atoms with E-state index in [0.29, 0.717) is 25.6 Å². The molecule has 1 aromatic carbocycles. The Labute approximate surface area is 187 Å². The lowest BCUT2D eigenvalue weighted by Gasteiger charge is -2.25. The van der Waals surface area contributed by atoms with Crippen LogP contribution in [0.15, 0.2) is 23.2 Å². The highest BCUT2D eigenvalue weighted by Crippen LogP contribution is 2.22. The number of benzene rings is 1. The Morgan fingerprint density at radius 3 is 2.46 bits per heavy atom. The van der Waals surface area contributed by atoms with E-state index in [1.165, 1.54) is 5.56 Å². The Kier molecular flexibility index (Phi) is 12.2. The first-order valence-corrected chi connectivity index (χ1v) is 9.72. The molecule has 1 unspecified atom stereocenters. The number of hydrogen-bond acceptors (Lipinski definition) is 3. The topological polar surface area (TPSA) is 74.8 Å². The van der Waals surface area contributed by atoms with Gasteiger partial charge >= 0.3 is 0 Å². The largest absolute Gasteiger partial charge is 0.490 e. The number of amides is 1. The predicted octanol–water partition coefficient (Wildman–Crippen LogP) is 3.62. The van der Waals surface area contributed by atoms with Gasteiger partial charge in [-0.15, -0.1) is 24.0 Å². The summed E-state index contributed by atoms with van der Waals surface area (Å²) in [6.07, 6.45) is 1.12. The number of carbonyl (C=O) groups is 1. The summed E-state index contributed by atoms with van der Waals surface area (Å²) in [4.78, 5) is 16.4. The number of ether oxygens (including phenoxy) is 1. The van der Waals surface area contributed by atoms with Gasteiger partial charge in [0.2, 0.25) is 5.91 Å². The van der Waals surface area contributed by atoms with Crippen LogP contribution < -0.4 is 20.7 Å². The maximum absolute atomic E-state index is 12.1. The van der Waals surface area contributed by atoms with E-state index in [9.17, 15) is 4.79 Å². The van der Waals surface area contributed by atoms with E-state index in [1.54, 1.807) is 7.05 Å². The molecule has 0 radical (unpaired) electrons. The van der Waals surface area contributed by atoms with Crippen molar-refractivity contribution in [1.82, 2.24) is 16.0 Å². The molecule has 0 bridgehead atoms. The van der Waals surface area contributed by atoms with E-state index in [2.05, 4.69) is 59.9 Å². The summed E-state index contributed by atoms with van der Waals surface area (Å²) in [5, 5.41) is 9.41. The molecular weight excluding hydrogens is 467 g/mol. The summed E-state index contributed by atoms with van der Waals surface area (Å²) in [5.74, 6) is 1.58. The molecule has 28 heavy (non-hydrogen) atoms. The summed E-state index contributed by atoms with van der Waals surface area (Å²) in [5.41, 5.74) is 1.72. The van der Waals surface area contributed by atoms with Crippen LogP contribution in [-0.4, -0.2) is 38.1 Å². The number of rotatable bonds is 9. The lowest BCUT2D eigenvalue weighted by atomic mass is 9.92. The zero-order valence-electron chi connectivity index (χ0n) is 18.3. The van der Waals surface area contributed by atoms with Gasteiger partial charge in [-0.3, -0.25) is 9.79 Å². The maximum Gasteiger partial charge on any atom is 0.227 e. The SMILES string of the molecule is CCNC(=O)C(C)(C)CNC(=NC)NCc1ccc(C)cc1OC(C)CC.I. The van der Waals surface area contributed by atoms with Gasteiger partial charge in [0, 0.05) is 32.2 Å². The molecule has 0 saturated heterocycles. The van der Waals surface area contributed by atoms with E-state index < -0.39 is 5.41 Å². The Bertz CT molecular complexity index is 647. The maximum atomic E-state index is 12.1. The van der Waals surface area contributed by atoms with Crippen LogP contribution in [0.2, 0.25) is 0 Å². The molecule has 0 aliphatic carbocycles. The molecule has 160 valence electrons. The highest BCUT2D eigenvalue weighted by atomic mass is 127. The average Bonchev–Trinajstić information content (AvgIpc) is 2.63. The molecule has 1 aromatic rings. The fourth-order valence-electron chi connectivity index (χ4n) is 2.40. The van der Waals surface area contributed by atoms with Gasteiger partial charge < -0.3 is 20.7 Å². The Morgan fingerprint density at radius 1 is 1.21 bits per heavy atom. The van der Waals surface area contributed by atoms with Crippen molar-refractivity contribution >= 4 is 35.8 Å². The highest BCUT2D eigenvalue weighted by molar-refractivity contribution is 14.0. The zero-order valence-corrected chi connectivity index (χ0v) is 20.6. The molecule has 3 N–H and O–H groups in total. The molecule has 0 aliphatic heterocycles. The Balaban J connectivity index is 0.00000729. The van der Waals surface area contributed by atoms with Crippen molar-refractivity contribution < 1.29 is 9.53 Å². The number of hydrogen-bond donors (Lipinski definition) is 3. The summed E-state index contributed by atoms with van der Waals surface area (Å²) in [7, 11) is 1.72. The predicted molar refractivity (Wildman–Crippen MR) is 128 cm³/mol. The third-order valence-corrected chi connectivity index (χ3v) is 4.45. The summed E-state index contributed by atoms with van der Waals surface area (Å²) >= 11 is 0. The molecule has 0 fully saturated rings. The fraction of sp³-hybridized carbons (Fsp3) is 0.619. The van der Waals surface area contributed by atoms with Gasteiger partial charge in [-0.1, -0.05) is 19.1 Å². The van der Waals surface area contributed by atoms with Gasteiger partial charge in [-0.25, -0.2) is 0 Å². The second-order valence-electron chi connectivity index (χ2n) is 7.47. The number of aryl methyl sites for hydroxylation is 1. The Hall–Kier alpha value is -1.51. The van der Waals surface area contributed by atoms with Crippen molar-refractivity contribution in [2.45, 2.75) is 60.6 Å². The van der Waals surface area contributed by atoms with Crippen LogP contribution in [0.25, 0.3) is 0 Å². The Morgan fingerprint density at radius 2 is 1.89 bits per heavy atom. The monoisotopic (exact) mass is 504 g/mol. The van der Waals surface area contributed by atoms with Gasteiger partial charge in [-0.2, -0.15) is 0 Å². The van der Waals surface area contributed by atoms with Gasteiger partial charge in [0.25, 0.3) is 0 Å². The van der Waals surface area contributed by atoms with Crippen molar-refractivity contribution in [3.05, 3.63) is 29.3 Å². The van der Waals surface area contributed by atoms with Crippen LogP contribution in [0.3, 0.4) is 0 Å². The molecule has 0 heterocycles. The number of halogens is 1. The fourth-order valence-corrected chi connectivity index (χ4v) is 2.40. The van der Waals surface area contributed by atoms with E-state index >= 15 is 0 Å². The van der Waals surface area contributed by atoms with Crippen molar-refractivity contribution in [1.29, 1.82) is 0 Å². The summed E-state index contributed by atoms with van der Waals surface area (Å²) in [6, 6.07) is 6.22. The number of nitrogens with zero attached hydrogens (tertiary/aromatic N) is 1. The van der Waals surface area contributed by atoms with E-state index in [-0.39, 0.29) is 36.0 Å². The first kappa shape index (κ1) is 26.5. The van der Waals surface area contributed by atoms with Gasteiger partial charge in [0.05, 0.1) is 11.5 Å². The van der Waals surface area contributed by atoms with E-state index in [0.717, 1.165) is 17.7 Å². The number of nitrogens with one attached hydrogen (secondary N) is 3. The minimum absolute atomic E-state index is 0. The van der Waals surface area contributed by atoms with Crippen LogP contribution in [0.4, 0.5) is 0 Å². The van der Waals surface area contributed by atoms with Crippen molar-refractivity contribution in [3.8, 4) is 5.75 Å². The van der Waals surface area contributed by atoms with Crippen molar-refractivity contribution in [2.75, 3.05) is 20.1 Å². The second kappa shape index (κ2) is 12.9. The molecule has 6 nitrogen and oxygen atoms in total. The van der Waals surface area contributed by atoms with Gasteiger partial charge in [0.1, 0.15) is 5.75 Å². The molecule has 0 spiro atoms. The highest BCUT2D eigenvalue weighted by Gasteiger charge is 2.27. The molecule has 1 atom stereocenters. The van der Waals surface area contributed by atoms with Crippen LogP contribution in [0.1, 0.15) is 52.2 Å². The molecule has 1 rings (SSSR count). The molecule has 7 heteroatoms. The van der Waals surface area contributed by atoms with Crippen LogP contribution in [0, 0.1) is 12.3 Å². The van der Waals surface area contributed by atoms with Crippen LogP contribution >= 0.6 is 24.0 Å². The molecule has 0 saturated carbocycles. The van der Waals surface area contributed by atoms with Crippen LogP contribution in [0.5, 0.6) is 5.75 Å². The average molecular weight is 504 g/mol.